The van der Waals surface area contributed by atoms with E-state index in [0.717, 1.165) is 5.56 Å². The van der Waals surface area contributed by atoms with Crippen molar-refractivity contribution in [3.8, 4) is 0 Å². The maximum absolute atomic E-state index is 11.6. The van der Waals surface area contributed by atoms with Crippen molar-refractivity contribution in [3.63, 3.8) is 0 Å². The number of nitro benzene ring substituents is 1. The van der Waals surface area contributed by atoms with Crippen LogP contribution in [0, 0.1) is 17.0 Å². The lowest BCUT2D eigenvalue weighted by atomic mass is 10.0. The van der Waals surface area contributed by atoms with Crippen LogP contribution in [-0.4, -0.2) is 22.7 Å². The Hall–Kier alpha value is -1.36. The van der Waals surface area contributed by atoms with Gasteiger partial charge in [-0.1, -0.05) is 6.07 Å². The fourth-order valence-corrected chi connectivity index (χ4v) is 1.65. The molecule has 0 radical (unpaired) electrons. The van der Waals surface area contributed by atoms with E-state index in [1.807, 2.05) is 6.26 Å². The molecule has 0 atom stereocenters. The fraction of sp³-hybridized carbons (Fsp3) is 0.300. The van der Waals surface area contributed by atoms with Crippen molar-refractivity contribution in [2.75, 3.05) is 12.0 Å². The average Bonchev–Trinajstić information content (AvgIpc) is 2.18. The van der Waals surface area contributed by atoms with Crippen LogP contribution >= 0.6 is 11.8 Å². The number of non-ortho nitro benzene ring substituents is 1. The van der Waals surface area contributed by atoms with Crippen LogP contribution in [0.3, 0.4) is 0 Å². The molecule has 1 rings (SSSR count). The Balaban J connectivity index is 3.10. The van der Waals surface area contributed by atoms with Crippen LogP contribution in [0.25, 0.3) is 0 Å². The van der Waals surface area contributed by atoms with Gasteiger partial charge < -0.3 is 0 Å². The maximum Gasteiger partial charge on any atom is 0.270 e. The van der Waals surface area contributed by atoms with Crippen molar-refractivity contribution in [3.05, 3.63) is 39.4 Å². The first-order valence-electron chi connectivity index (χ1n) is 4.33. The summed E-state index contributed by atoms with van der Waals surface area (Å²) in [6, 6.07) is 4.35. The molecule has 80 valence electrons. The molecule has 0 saturated carbocycles. The highest BCUT2D eigenvalue weighted by Crippen LogP contribution is 2.18. The predicted octanol–water partition coefficient (Wildman–Crippen LogP) is 2.45. The van der Waals surface area contributed by atoms with Crippen LogP contribution in [0.1, 0.15) is 15.9 Å². The molecule has 1 aromatic carbocycles. The van der Waals surface area contributed by atoms with Gasteiger partial charge in [-0.15, -0.1) is 0 Å². The molecule has 0 bridgehead atoms. The molecule has 1 aromatic rings. The number of hydrogen-bond donors (Lipinski definition) is 0. The van der Waals surface area contributed by atoms with Crippen molar-refractivity contribution < 1.29 is 9.72 Å². The molecule has 0 saturated heterocycles. The Morgan fingerprint density at radius 1 is 1.53 bits per heavy atom. The average molecular weight is 225 g/mol. The lowest BCUT2D eigenvalue weighted by Gasteiger charge is -2.03. The van der Waals surface area contributed by atoms with Gasteiger partial charge in [0.2, 0.25) is 0 Å². The second-order valence-corrected chi connectivity index (χ2v) is 3.98. The van der Waals surface area contributed by atoms with Crippen LogP contribution < -0.4 is 0 Å². The summed E-state index contributed by atoms with van der Waals surface area (Å²) in [5, 5.41) is 10.5. The lowest BCUT2D eigenvalue weighted by Crippen LogP contribution is -2.05. The van der Waals surface area contributed by atoms with E-state index in [-0.39, 0.29) is 11.5 Å². The molecule has 0 aliphatic carbocycles. The van der Waals surface area contributed by atoms with Crippen molar-refractivity contribution in [2.45, 2.75) is 6.92 Å². The highest BCUT2D eigenvalue weighted by atomic mass is 32.2. The predicted molar refractivity (Wildman–Crippen MR) is 60.5 cm³/mol. The molecule has 0 N–H and O–H groups in total. The zero-order valence-electron chi connectivity index (χ0n) is 8.52. The lowest BCUT2D eigenvalue weighted by molar-refractivity contribution is -0.384. The normalized spacial score (nSPS) is 10.0. The van der Waals surface area contributed by atoms with Crippen LogP contribution in [0.5, 0.6) is 0 Å². The number of carbonyl (C=O) groups is 1. The molecule has 0 aromatic heterocycles. The quantitative estimate of drug-likeness (QED) is 0.448. The van der Waals surface area contributed by atoms with Crippen LogP contribution in [0.2, 0.25) is 0 Å². The summed E-state index contributed by atoms with van der Waals surface area (Å²) in [6.07, 6.45) is 1.82. The topological polar surface area (TPSA) is 60.2 Å². The molecule has 0 spiro atoms. The number of hydrogen-bond acceptors (Lipinski definition) is 4. The molecule has 0 amide bonds. The van der Waals surface area contributed by atoms with Crippen molar-refractivity contribution in [2.24, 2.45) is 0 Å². The van der Waals surface area contributed by atoms with E-state index in [1.165, 1.54) is 23.9 Å². The van der Waals surface area contributed by atoms with E-state index in [4.69, 9.17) is 0 Å². The molecule has 0 aliphatic heterocycles. The SMILES string of the molecule is CSCC(=O)c1cc([N+](=O)[O-])ccc1C. The standard InChI is InChI=1S/C10H11NO3S/c1-7-3-4-8(11(13)14)5-9(7)10(12)6-15-2/h3-5H,6H2,1-2H3. The number of nitro groups is 1. The summed E-state index contributed by atoms with van der Waals surface area (Å²) in [4.78, 5) is 21.6. The zero-order valence-corrected chi connectivity index (χ0v) is 9.34. The highest BCUT2D eigenvalue weighted by molar-refractivity contribution is 7.99. The summed E-state index contributed by atoms with van der Waals surface area (Å²) in [6.45, 7) is 1.78. The van der Waals surface area contributed by atoms with Crippen molar-refractivity contribution in [1.82, 2.24) is 0 Å². The monoisotopic (exact) mass is 225 g/mol. The van der Waals surface area contributed by atoms with Gasteiger partial charge in [0.15, 0.2) is 5.78 Å². The first-order chi connectivity index (χ1) is 7.06. The molecular weight excluding hydrogens is 214 g/mol. The van der Waals surface area contributed by atoms with E-state index in [2.05, 4.69) is 0 Å². The van der Waals surface area contributed by atoms with E-state index in [1.54, 1.807) is 13.0 Å². The number of rotatable bonds is 4. The molecular formula is C10H11NO3S. The third kappa shape index (κ3) is 2.79. The Morgan fingerprint density at radius 2 is 2.20 bits per heavy atom. The van der Waals surface area contributed by atoms with Gasteiger partial charge >= 0.3 is 0 Å². The Kier molecular flexibility index (Phi) is 3.85. The number of carbonyl (C=O) groups excluding carboxylic acids is 1. The highest BCUT2D eigenvalue weighted by Gasteiger charge is 2.13. The minimum Gasteiger partial charge on any atom is -0.293 e. The van der Waals surface area contributed by atoms with Gasteiger partial charge in [0.25, 0.3) is 5.69 Å². The smallest absolute Gasteiger partial charge is 0.270 e. The van der Waals surface area contributed by atoms with Gasteiger partial charge in [0.1, 0.15) is 0 Å². The third-order valence-electron chi connectivity index (χ3n) is 2.01. The fourth-order valence-electron chi connectivity index (χ4n) is 1.23. The van der Waals surface area contributed by atoms with Gasteiger partial charge in [0, 0.05) is 17.7 Å². The first-order valence-corrected chi connectivity index (χ1v) is 5.73. The molecule has 0 aliphatic rings. The Bertz CT molecular complexity index is 404. The second kappa shape index (κ2) is 4.93. The largest absolute Gasteiger partial charge is 0.293 e. The summed E-state index contributed by atoms with van der Waals surface area (Å²) in [7, 11) is 0. The van der Waals surface area contributed by atoms with Crippen LogP contribution in [0.4, 0.5) is 5.69 Å². The summed E-state index contributed by atoms with van der Waals surface area (Å²) >= 11 is 1.41. The maximum atomic E-state index is 11.6. The summed E-state index contributed by atoms with van der Waals surface area (Å²) < 4.78 is 0. The summed E-state index contributed by atoms with van der Waals surface area (Å²) in [5.74, 6) is 0.283. The van der Waals surface area contributed by atoms with Gasteiger partial charge in [-0.25, -0.2) is 0 Å². The number of ketones is 1. The van der Waals surface area contributed by atoms with Crippen LogP contribution in [-0.2, 0) is 0 Å². The third-order valence-corrected chi connectivity index (χ3v) is 2.56. The molecule has 0 fully saturated rings. The second-order valence-electron chi connectivity index (χ2n) is 3.11. The van der Waals surface area contributed by atoms with E-state index in [9.17, 15) is 14.9 Å². The Morgan fingerprint density at radius 3 is 2.73 bits per heavy atom. The van der Waals surface area contributed by atoms with Gasteiger partial charge in [-0.2, -0.15) is 11.8 Å². The van der Waals surface area contributed by atoms with Gasteiger partial charge in [0.05, 0.1) is 10.7 Å². The molecule has 0 heterocycles. The molecule has 4 nitrogen and oxygen atoms in total. The minimum absolute atomic E-state index is 0.0370. The van der Waals surface area contributed by atoms with E-state index < -0.39 is 4.92 Å². The molecule has 15 heavy (non-hydrogen) atoms. The summed E-state index contributed by atoms with van der Waals surface area (Å²) in [5.41, 5.74) is 1.18. The van der Waals surface area contributed by atoms with Crippen molar-refractivity contribution >= 4 is 23.2 Å². The zero-order chi connectivity index (χ0) is 11.4. The number of benzene rings is 1. The number of nitrogens with zero attached hydrogens (tertiary/aromatic N) is 1. The van der Waals surface area contributed by atoms with Crippen LogP contribution in [0.15, 0.2) is 18.2 Å². The molecule has 5 heteroatoms. The first kappa shape index (κ1) is 11.7. The van der Waals surface area contributed by atoms with Gasteiger partial charge in [-0.05, 0) is 18.7 Å². The number of Topliss-reactive ketones (excluding diaryl/α,β-unsaturated/α-hetero) is 1. The Labute approximate surface area is 91.8 Å². The van der Waals surface area contributed by atoms with E-state index in [0.29, 0.717) is 11.3 Å². The van der Waals surface area contributed by atoms with Crippen molar-refractivity contribution in [1.29, 1.82) is 0 Å². The van der Waals surface area contributed by atoms with Gasteiger partial charge in [-0.3, -0.25) is 14.9 Å². The number of aryl methyl sites for hydroxylation is 1. The number of thioether (sulfide) groups is 1. The van der Waals surface area contributed by atoms with E-state index >= 15 is 0 Å². The molecule has 0 unspecified atom stereocenters. The minimum atomic E-state index is -0.491.